The minimum Gasteiger partial charge on any atom is -0.355 e. The number of benzene rings is 1. The van der Waals surface area contributed by atoms with E-state index in [1.165, 1.54) is 5.56 Å². The number of nitrogens with zero attached hydrogens (tertiary/aromatic N) is 1. The molecule has 0 unspecified atom stereocenters. The van der Waals surface area contributed by atoms with Crippen molar-refractivity contribution in [1.29, 1.82) is 0 Å². The largest absolute Gasteiger partial charge is 0.355 e. The van der Waals surface area contributed by atoms with E-state index < -0.39 is 0 Å². The van der Waals surface area contributed by atoms with E-state index >= 15 is 0 Å². The number of likely N-dealkylation sites (tertiary alicyclic amines) is 1. The number of carbonyl (C=O) groups excluding carboxylic acids is 2. The van der Waals surface area contributed by atoms with E-state index in [0.717, 1.165) is 51.6 Å². The molecule has 1 N–H and O–H groups in total. The van der Waals surface area contributed by atoms with Gasteiger partial charge in [-0.25, -0.2) is 0 Å². The summed E-state index contributed by atoms with van der Waals surface area (Å²) in [5.41, 5.74) is 1.48. The Bertz CT molecular complexity index is 620. The molecule has 3 fully saturated rings. The van der Waals surface area contributed by atoms with Crippen LogP contribution in [-0.2, 0) is 15.0 Å². The summed E-state index contributed by atoms with van der Waals surface area (Å²) in [6, 6.07) is 10.5. The Balaban J connectivity index is 1.32. The van der Waals surface area contributed by atoms with Gasteiger partial charge >= 0.3 is 0 Å². The van der Waals surface area contributed by atoms with Gasteiger partial charge in [0, 0.05) is 31.0 Å². The lowest BCUT2D eigenvalue weighted by atomic mass is 9.94. The van der Waals surface area contributed by atoms with Gasteiger partial charge in [0.1, 0.15) is 0 Å². The number of hydrogen-bond acceptors (Lipinski definition) is 2. The maximum Gasteiger partial charge on any atom is 0.225 e. The highest BCUT2D eigenvalue weighted by atomic mass is 16.2. The molecule has 2 saturated carbocycles. The Labute approximate surface area is 143 Å². The predicted octanol–water partition coefficient (Wildman–Crippen LogP) is 2.48. The van der Waals surface area contributed by atoms with Crippen LogP contribution in [0, 0.1) is 11.8 Å². The normalized spacial score (nSPS) is 25.2. The monoisotopic (exact) mass is 326 g/mol. The highest BCUT2D eigenvalue weighted by Gasteiger charge is 2.44. The van der Waals surface area contributed by atoms with E-state index in [-0.39, 0.29) is 29.1 Å². The van der Waals surface area contributed by atoms with Gasteiger partial charge in [-0.2, -0.15) is 0 Å². The minimum absolute atomic E-state index is 0.0342. The Hall–Kier alpha value is -1.84. The lowest BCUT2D eigenvalue weighted by molar-refractivity contribution is -0.136. The molecule has 3 aliphatic rings. The third-order valence-electron chi connectivity index (χ3n) is 5.87. The third-order valence-corrected chi connectivity index (χ3v) is 5.87. The Morgan fingerprint density at radius 1 is 1.08 bits per heavy atom. The number of carbonyl (C=O) groups is 2. The molecule has 0 radical (unpaired) electrons. The summed E-state index contributed by atoms with van der Waals surface area (Å²) in [4.78, 5) is 26.8. The first-order chi connectivity index (χ1) is 11.7. The molecule has 2 amide bonds. The summed E-state index contributed by atoms with van der Waals surface area (Å²) in [5, 5.41) is 3.18. The summed E-state index contributed by atoms with van der Waals surface area (Å²) in [7, 11) is 0. The van der Waals surface area contributed by atoms with Gasteiger partial charge in [-0.1, -0.05) is 30.3 Å². The van der Waals surface area contributed by atoms with Gasteiger partial charge in [0.15, 0.2) is 0 Å². The van der Waals surface area contributed by atoms with Crippen LogP contribution in [0.3, 0.4) is 0 Å². The van der Waals surface area contributed by atoms with Crippen LogP contribution in [0.1, 0.15) is 44.1 Å². The SMILES string of the molecule is O=C(NCC1(c2ccccc2)CC1)[C@@H]1CCCN(C(=O)C2CC2)C1. The zero-order valence-electron chi connectivity index (χ0n) is 14.2. The fraction of sp³-hybridized carbons (Fsp3) is 0.600. The maximum absolute atomic E-state index is 12.6. The predicted molar refractivity (Wildman–Crippen MR) is 92.4 cm³/mol. The Morgan fingerprint density at radius 3 is 2.50 bits per heavy atom. The molecule has 4 heteroatoms. The number of nitrogens with one attached hydrogen (secondary N) is 1. The van der Waals surface area contributed by atoms with Crippen molar-refractivity contribution < 1.29 is 9.59 Å². The minimum atomic E-state index is -0.0342. The molecular formula is C20H26N2O2. The van der Waals surface area contributed by atoms with E-state index in [0.29, 0.717) is 6.54 Å². The van der Waals surface area contributed by atoms with Crippen LogP contribution in [0.4, 0.5) is 0 Å². The van der Waals surface area contributed by atoms with Gasteiger partial charge in [-0.15, -0.1) is 0 Å². The molecule has 0 aromatic heterocycles. The molecular weight excluding hydrogens is 300 g/mol. The Kier molecular flexibility index (Phi) is 4.07. The second-order valence-electron chi connectivity index (χ2n) is 7.76. The first-order valence-corrected chi connectivity index (χ1v) is 9.30. The number of rotatable bonds is 5. The maximum atomic E-state index is 12.6. The molecule has 128 valence electrons. The second-order valence-corrected chi connectivity index (χ2v) is 7.76. The smallest absolute Gasteiger partial charge is 0.225 e. The molecule has 4 nitrogen and oxygen atoms in total. The number of piperidine rings is 1. The number of amides is 2. The molecule has 1 atom stereocenters. The van der Waals surface area contributed by atoms with Gasteiger partial charge in [0.25, 0.3) is 0 Å². The van der Waals surface area contributed by atoms with Crippen molar-refractivity contribution in [3.63, 3.8) is 0 Å². The standard InChI is InChI=1S/C20H26N2O2/c23-18(16-5-4-12-22(13-16)19(24)15-8-9-15)21-14-20(10-11-20)17-6-2-1-3-7-17/h1-3,6-7,15-16H,4-5,8-14H2,(H,21,23)/t16-/m1/s1. The summed E-state index contributed by atoms with van der Waals surface area (Å²) in [5.74, 6) is 0.619. The van der Waals surface area contributed by atoms with E-state index in [2.05, 4.69) is 29.6 Å². The lowest BCUT2D eigenvalue weighted by Crippen LogP contribution is -2.47. The van der Waals surface area contributed by atoms with E-state index in [1.54, 1.807) is 0 Å². The van der Waals surface area contributed by atoms with Gasteiger partial charge in [-0.05, 0) is 44.1 Å². The first kappa shape index (κ1) is 15.7. The molecule has 0 bridgehead atoms. The molecule has 0 spiro atoms. The Morgan fingerprint density at radius 2 is 1.83 bits per heavy atom. The van der Waals surface area contributed by atoms with Crippen LogP contribution >= 0.6 is 0 Å². The van der Waals surface area contributed by atoms with Crippen molar-refractivity contribution in [1.82, 2.24) is 10.2 Å². The highest BCUT2D eigenvalue weighted by Crippen LogP contribution is 2.47. The van der Waals surface area contributed by atoms with Crippen molar-refractivity contribution in [3.8, 4) is 0 Å². The van der Waals surface area contributed by atoms with Gasteiger partial charge in [-0.3, -0.25) is 9.59 Å². The molecule has 4 rings (SSSR count). The van der Waals surface area contributed by atoms with E-state index in [1.807, 2.05) is 11.0 Å². The van der Waals surface area contributed by atoms with E-state index in [9.17, 15) is 9.59 Å². The summed E-state index contributed by atoms with van der Waals surface area (Å²) >= 11 is 0. The van der Waals surface area contributed by atoms with Gasteiger partial charge in [0.2, 0.25) is 11.8 Å². The third kappa shape index (κ3) is 3.19. The summed E-state index contributed by atoms with van der Waals surface area (Å²) in [6.07, 6.45) is 6.21. The van der Waals surface area contributed by atoms with Crippen LogP contribution in [0.2, 0.25) is 0 Å². The van der Waals surface area contributed by atoms with Crippen LogP contribution in [0.15, 0.2) is 30.3 Å². The van der Waals surface area contributed by atoms with Gasteiger partial charge < -0.3 is 10.2 Å². The van der Waals surface area contributed by atoms with Crippen molar-refractivity contribution in [2.75, 3.05) is 19.6 Å². The second kappa shape index (κ2) is 6.23. The first-order valence-electron chi connectivity index (χ1n) is 9.30. The summed E-state index contributed by atoms with van der Waals surface area (Å²) < 4.78 is 0. The van der Waals surface area contributed by atoms with Crippen LogP contribution in [0.25, 0.3) is 0 Å². The van der Waals surface area contributed by atoms with Crippen molar-refractivity contribution in [3.05, 3.63) is 35.9 Å². The zero-order valence-corrected chi connectivity index (χ0v) is 14.2. The molecule has 1 saturated heterocycles. The molecule has 1 aliphatic heterocycles. The highest BCUT2D eigenvalue weighted by molar-refractivity contribution is 5.83. The topological polar surface area (TPSA) is 49.4 Å². The fourth-order valence-electron chi connectivity index (χ4n) is 3.89. The number of hydrogen-bond donors (Lipinski definition) is 1. The van der Waals surface area contributed by atoms with Crippen LogP contribution in [-0.4, -0.2) is 36.3 Å². The molecule has 24 heavy (non-hydrogen) atoms. The average molecular weight is 326 g/mol. The molecule has 2 aliphatic carbocycles. The van der Waals surface area contributed by atoms with Crippen molar-refractivity contribution in [2.24, 2.45) is 11.8 Å². The zero-order chi connectivity index (χ0) is 16.6. The quantitative estimate of drug-likeness (QED) is 0.904. The van der Waals surface area contributed by atoms with Crippen molar-refractivity contribution in [2.45, 2.75) is 43.9 Å². The fourth-order valence-corrected chi connectivity index (χ4v) is 3.89. The van der Waals surface area contributed by atoms with Gasteiger partial charge in [0.05, 0.1) is 5.92 Å². The summed E-state index contributed by atoms with van der Waals surface area (Å²) in [6.45, 7) is 2.16. The lowest BCUT2D eigenvalue weighted by Gasteiger charge is -2.32. The van der Waals surface area contributed by atoms with Crippen LogP contribution in [0.5, 0.6) is 0 Å². The van der Waals surface area contributed by atoms with E-state index in [4.69, 9.17) is 0 Å². The molecule has 1 heterocycles. The van der Waals surface area contributed by atoms with Crippen LogP contribution < -0.4 is 5.32 Å². The van der Waals surface area contributed by atoms with Crippen molar-refractivity contribution >= 4 is 11.8 Å². The molecule has 1 aromatic carbocycles. The average Bonchev–Trinajstić information content (AvgIpc) is 3.54. The molecule has 1 aromatic rings.